The molecule has 1 aromatic heterocycles. The second-order valence-electron chi connectivity index (χ2n) is 7.42. The fourth-order valence-corrected chi connectivity index (χ4v) is 5.16. The maximum absolute atomic E-state index is 12.9. The molecule has 1 aromatic carbocycles. The number of sulfonamides is 1. The molecule has 29 heavy (non-hydrogen) atoms. The molecule has 0 aliphatic carbocycles. The highest BCUT2D eigenvalue weighted by Gasteiger charge is 2.31. The number of hydrogen-bond acceptors (Lipinski definition) is 5. The van der Waals surface area contributed by atoms with Gasteiger partial charge in [-0.1, -0.05) is 19.9 Å². The van der Waals surface area contributed by atoms with Crippen molar-refractivity contribution in [3.8, 4) is 0 Å². The Labute approximate surface area is 170 Å². The first kappa shape index (κ1) is 20.9. The number of hydrogen-bond donors (Lipinski definition) is 2. The Bertz CT molecular complexity index is 967. The van der Waals surface area contributed by atoms with Crippen molar-refractivity contribution in [3.63, 3.8) is 0 Å². The van der Waals surface area contributed by atoms with Gasteiger partial charge in [0.05, 0.1) is 4.90 Å². The summed E-state index contributed by atoms with van der Waals surface area (Å²) in [6.07, 6.45) is 2.48. The van der Waals surface area contributed by atoms with Crippen molar-refractivity contribution in [2.45, 2.75) is 25.2 Å². The Balaban J connectivity index is 1.64. The number of benzene rings is 1. The number of carbonyl (C=O) groups excluding carboxylic acids is 2. The number of nitrogens with one attached hydrogen (secondary N) is 2. The summed E-state index contributed by atoms with van der Waals surface area (Å²) in [6.45, 7) is 5.08. The molecule has 1 fully saturated rings. The lowest BCUT2D eigenvalue weighted by Gasteiger charge is -2.34. The van der Waals surface area contributed by atoms with Gasteiger partial charge in [0.15, 0.2) is 0 Å². The monoisotopic (exact) mass is 416 g/mol. The quantitative estimate of drug-likeness (QED) is 0.739. The zero-order valence-corrected chi connectivity index (χ0v) is 17.1. The summed E-state index contributed by atoms with van der Waals surface area (Å²) in [7, 11) is -3.61. The predicted molar refractivity (Wildman–Crippen MR) is 107 cm³/mol. The summed E-state index contributed by atoms with van der Waals surface area (Å²) in [5.74, 6) is -0.493. The van der Waals surface area contributed by atoms with Crippen LogP contribution in [0.1, 0.15) is 41.1 Å². The topological polar surface area (TPSA) is 108 Å². The molecule has 3 rings (SSSR count). The van der Waals surface area contributed by atoms with Crippen LogP contribution in [-0.2, 0) is 10.0 Å². The number of carbonyl (C=O) groups is 2. The fourth-order valence-electron chi connectivity index (χ4n) is 3.48. The van der Waals surface area contributed by atoms with Crippen molar-refractivity contribution in [3.05, 3.63) is 59.9 Å². The molecule has 0 unspecified atom stereocenters. The molecule has 9 heteroatoms. The molecule has 0 saturated carbocycles. The molecule has 2 heterocycles. The Morgan fingerprint density at radius 2 is 1.59 bits per heavy atom. The molecule has 154 valence electrons. The van der Waals surface area contributed by atoms with E-state index in [2.05, 4.69) is 15.8 Å². The molecule has 1 aliphatic rings. The molecule has 2 N–H and O–H groups in total. The summed E-state index contributed by atoms with van der Waals surface area (Å²) in [5.41, 5.74) is 4.96. The van der Waals surface area contributed by atoms with E-state index in [1.807, 2.05) is 13.8 Å². The summed E-state index contributed by atoms with van der Waals surface area (Å²) in [4.78, 5) is 28.2. The number of piperidine rings is 1. The smallest absolute Gasteiger partial charge is 0.267 e. The van der Waals surface area contributed by atoms with Crippen LogP contribution in [0.15, 0.2) is 53.6 Å². The van der Waals surface area contributed by atoms with Gasteiger partial charge in [0.1, 0.15) is 5.69 Å². The summed E-state index contributed by atoms with van der Waals surface area (Å²) in [5, 5.41) is 0. The first-order valence-corrected chi connectivity index (χ1v) is 10.8. The van der Waals surface area contributed by atoms with Crippen molar-refractivity contribution >= 4 is 21.8 Å². The van der Waals surface area contributed by atoms with Gasteiger partial charge in [-0.05, 0) is 54.7 Å². The third-order valence-corrected chi connectivity index (χ3v) is 6.62. The van der Waals surface area contributed by atoms with Crippen molar-refractivity contribution < 1.29 is 18.0 Å². The number of pyridine rings is 1. The van der Waals surface area contributed by atoms with Gasteiger partial charge in [-0.3, -0.25) is 25.4 Å². The molecule has 1 aliphatic heterocycles. The lowest BCUT2D eigenvalue weighted by molar-refractivity contribution is 0.0844. The van der Waals surface area contributed by atoms with Gasteiger partial charge in [-0.15, -0.1) is 0 Å². The minimum atomic E-state index is -3.61. The zero-order valence-electron chi connectivity index (χ0n) is 16.3. The van der Waals surface area contributed by atoms with Crippen LogP contribution in [0.5, 0.6) is 0 Å². The summed E-state index contributed by atoms with van der Waals surface area (Å²) >= 11 is 0. The van der Waals surface area contributed by atoms with Crippen LogP contribution in [0.25, 0.3) is 0 Å². The third kappa shape index (κ3) is 4.99. The van der Waals surface area contributed by atoms with Gasteiger partial charge in [0.25, 0.3) is 11.8 Å². The number of rotatable bonds is 4. The standard InChI is InChI=1S/C20H24N4O4S/c1-14-11-15(2)13-24(12-14)29(27,28)17-8-6-16(7-9-17)19(25)22-23-20(26)18-5-3-4-10-21-18/h3-10,14-15H,11-13H2,1-2H3,(H,22,25)(H,23,26)/t14-,15-/m1/s1. The Morgan fingerprint density at radius 1 is 0.966 bits per heavy atom. The van der Waals surface area contributed by atoms with E-state index in [0.29, 0.717) is 24.9 Å². The molecule has 8 nitrogen and oxygen atoms in total. The number of amides is 2. The fraction of sp³-hybridized carbons (Fsp3) is 0.350. The van der Waals surface area contributed by atoms with Crippen molar-refractivity contribution in [1.82, 2.24) is 20.1 Å². The molecule has 2 amide bonds. The van der Waals surface area contributed by atoms with Crippen molar-refractivity contribution in [1.29, 1.82) is 0 Å². The maximum atomic E-state index is 12.9. The van der Waals surface area contributed by atoms with E-state index in [9.17, 15) is 18.0 Å². The maximum Gasteiger partial charge on any atom is 0.288 e. The van der Waals surface area contributed by atoms with E-state index in [1.54, 1.807) is 12.1 Å². The lowest BCUT2D eigenvalue weighted by atomic mass is 9.94. The van der Waals surface area contributed by atoms with E-state index >= 15 is 0 Å². The van der Waals surface area contributed by atoms with Gasteiger partial charge in [-0.2, -0.15) is 4.31 Å². The van der Waals surface area contributed by atoms with Gasteiger partial charge < -0.3 is 0 Å². The number of aromatic nitrogens is 1. The normalized spacial score (nSPS) is 20.1. The minimum Gasteiger partial charge on any atom is -0.267 e. The molecular weight excluding hydrogens is 392 g/mol. The summed E-state index contributed by atoms with van der Waals surface area (Å²) < 4.78 is 27.3. The Morgan fingerprint density at radius 3 is 2.17 bits per heavy atom. The first-order valence-electron chi connectivity index (χ1n) is 9.39. The average molecular weight is 417 g/mol. The van der Waals surface area contributed by atoms with Gasteiger partial charge in [-0.25, -0.2) is 8.42 Å². The van der Waals surface area contributed by atoms with Crippen molar-refractivity contribution in [2.75, 3.05) is 13.1 Å². The van der Waals surface area contributed by atoms with Crippen LogP contribution < -0.4 is 10.9 Å². The molecule has 0 spiro atoms. The first-order chi connectivity index (χ1) is 13.8. The van der Waals surface area contributed by atoms with Crippen LogP contribution >= 0.6 is 0 Å². The lowest BCUT2D eigenvalue weighted by Crippen LogP contribution is -2.42. The highest BCUT2D eigenvalue weighted by Crippen LogP contribution is 2.26. The molecular formula is C20H24N4O4S. The van der Waals surface area contributed by atoms with E-state index in [1.165, 1.54) is 40.8 Å². The average Bonchev–Trinajstić information content (AvgIpc) is 2.71. The highest BCUT2D eigenvalue weighted by atomic mass is 32.2. The van der Waals surface area contributed by atoms with Crippen LogP contribution in [0, 0.1) is 11.8 Å². The molecule has 2 aromatic rings. The molecule has 0 radical (unpaired) electrons. The van der Waals surface area contributed by atoms with Crippen LogP contribution in [0.2, 0.25) is 0 Å². The minimum absolute atomic E-state index is 0.146. The Kier molecular flexibility index (Phi) is 6.29. The SMILES string of the molecule is C[C@@H]1C[C@@H](C)CN(S(=O)(=O)c2ccc(C(=O)NNC(=O)c3ccccn3)cc2)C1. The summed E-state index contributed by atoms with van der Waals surface area (Å²) in [6, 6.07) is 10.5. The van der Waals surface area contributed by atoms with Crippen LogP contribution in [-0.4, -0.2) is 42.6 Å². The third-order valence-electron chi connectivity index (χ3n) is 4.78. The second-order valence-corrected chi connectivity index (χ2v) is 9.35. The second kappa shape index (κ2) is 8.71. The highest BCUT2D eigenvalue weighted by molar-refractivity contribution is 7.89. The van der Waals surface area contributed by atoms with Crippen LogP contribution in [0.3, 0.4) is 0 Å². The van der Waals surface area contributed by atoms with E-state index in [-0.39, 0.29) is 16.2 Å². The van der Waals surface area contributed by atoms with E-state index in [4.69, 9.17) is 0 Å². The van der Waals surface area contributed by atoms with E-state index in [0.717, 1.165) is 6.42 Å². The molecule has 1 saturated heterocycles. The largest absolute Gasteiger partial charge is 0.288 e. The van der Waals surface area contributed by atoms with Gasteiger partial charge in [0.2, 0.25) is 10.0 Å². The number of nitrogens with zero attached hydrogens (tertiary/aromatic N) is 2. The van der Waals surface area contributed by atoms with Crippen molar-refractivity contribution in [2.24, 2.45) is 11.8 Å². The number of hydrazine groups is 1. The molecule has 0 bridgehead atoms. The predicted octanol–water partition coefficient (Wildman–Crippen LogP) is 1.82. The van der Waals surface area contributed by atoms with E-state index < -0.39 is 21.8 Å². The van der Waals surface area contributed by atoms with Gasteiger partial charge in [0, 0.05) is 24.8 Å². The Hall–Kier alpha value is -2.78. The van der Waals surface area contributed by atoms with Crippen LogP contribution in [0.4, 0.5) is 0 Å². The van der Waals surface area contributed by atoms with Gasteiger partial charge >= 0.3 is 0 Å². The molecule has 2 atom stereocenters. The zero-order chi connectivity index (χ0) is 21.0.